The third kappa shape index (κ3) is 2.79. The number of nitrogens with zero attached hydrogens (tertiary/aromatic N) is 2. The summed E-state index contributed by atoms with van der Waals surface area (Å²) < 4.78 is 5.50. The molecule has 1 saturated heterocycles. The molecule has 102 valence electrons. The van der Waals surface area contributed by atoms with E-state index in [4.69, 9.17) is 4.74 Å². The summed E-state index contributed by atoms with van der Waals surface area (Å²) in [5, 5.41) is 9.61. The first-order chi connectivity index (χ1) is 9.36. The molecule has 2 N–H and O–H groups in total. The van der Waals surface area contributed by atoms with Crippen molar-refractivity contribution in [1.29, 1.82) is 0 Å². The third-order valence-electron chi connectivity index (χ3n) is 3.36. The predicted molar refractivity (Wildman–Crippen MR) is 79.0 cm³/mol. The van der Waals surface area contributed by atoms with Crippen LogP contribution < -0.4 is 10.6 Å². The molecule has 3 rings (SSSR count). The van der Waals surface area contributed by atoms with Crippen LogP contribution in [0.5, 0.6) is 0 Å². The Hall–Kier alpha value is -1.40. The van der Waals surface area contributed by atoms with Gasteiger partial charge in [-0.15, -0.1) is 11.3 Å². The minimum absolute atomic E-state index is 0.579. The van der Waals surface area contributed by atoms with Gasteiger partial charge < -0.3 is 15.4 Å². The Morgan fingerprint density at radius 3 is 3.21 bits per heavy atom. The molecule has 0 bridgehead atoms. The molecule has 1 fully saturated rings. The maximum absolute atomic E-state index is 5.50. The van der Waals surface area contributed by atoms with E-state index in [1.807, 2.05) is 12.4 Å². The molecule has 0 radical (unpaired) electrons. The molecule has 1 atom stereocenters. The third-order valence-corrected chi connectivity index (χ3v) is 4.17. The number of anilines is 2. The van der Waals surface area contributed by atoms with Gasteiger partial charge in [-0.3, -0.25) is 0 Å². The molecular formula is C13H18N4OS. The summed E-state index contributed by atoms with van der Waals surface area (Å²) in [6.45, 7) is 2.66. The number of hydrogen-bond acceptors (Lipinski definition) is 6. The summed E-state index contributed by atoms with van der Waals surface area (Å²) >= 11 is 1.64. The molecule has 0 amide bonds. The number of nitrogens with one attached hydrogen (secondary N) is 2. The van der Waals surface area contributed by atoms with Gasteiger partial charge in [0.15, 0.2) is 0 Å². The molecule has 2 aromatic rings. The highest BCUT2D eigenvalue weighted by Gasteiger charge is 2.15. The van der Waals surface area contributed by atoms with Gasteiger partial charge in [0.2, 0.25) is 5.95 Å². The lowest BCUT2D eigenvalue weighted by Crippen LogP contribution is -2.24. The van der Waals surface area contributed by atoms with E-state index in [-0.39, 0.29) is 0 Å². The van der Waals surface area contributed by atoms with Crippen molar-refractivity contribution < 1.29 is 4.74 Å². The minimum atomic E-state index is 0.579. The average molecular weight is 278 g/mol. The zero-order valence-electron chi connectivity index (χ0n) is 11.0. The van der Waals surface area contributed by atoms with Crippen molar-refractivity contribution in [2.24, 2.45) is 5.92 Å². The fraction of sp³-hybridized carbons (Fsp3) is 0.538. The van der Waals surface area contributed by atoms with Crippen molar-refractivity contribution in [1.82, 2.24) is 9.97 Å². The van der Waals surface area contributed by atoms with E-state index in [1.54, 1.807) is 11.3 Å². The number of ether oxygens (including phenoxy) is 1. The van der Waals surface area contributed by atoms with Gasteiger partial charge in [0, 0.05) is 20.2 Å². The lowest BCUT2D eigenvalue weighted by atomic mass is 10.0. The number of fused-ring (bicyclic) bond motifs is 1. The SMILES string of the molecule is CNc1nc(NCC2CCCOC2)c2ccsc2n1. The minimum Gasteiger partial charge on any atom is -0.381 e. The van der Waals surface area contributed by atoms with Gasteiger partial charge >= 0.3 is 0 Å². The Kier molecular flexibility index (Phi) is 3.79. The van der Waals surface area contributed by atoms with E-state index in [1.165, 1.54) is 6.42 Å². The van der Waals surface area contributed by atoms with E-state index >= 15 is 0 Å². The first kappa shape index (κ1) is 12.6. The highest BCUT2D eigenvalue weighted by Crippen LogP contribution is 2.26. The van der Waals surface area contributed by atoms with Crippen LogP contribution >= 0.6 is 11.3 Å². The second-order valence-corrected chi connectivity index (χ2v) is 5.64. The van der Waals surface area contributed by atoms with Crippen LogP contribution in [-0.4, -0.2) is 36.8 Å². The molecule has 1 aliphatic heterocycles. The van der Waals surface area contributed by atoms with Gasteiger partial charge in [-0.2, -0.15) is 4.98 Å². The Labute approximate surface area is 116 Å². The number of aromatic nitrogens is 2. The maximum atomic E-state index is 5.50. The Morgan fingerprint density at radius 2 is 2.42 bits per heavy atom. The maximum Gasteiger partial charge on any atom is 0.225 e. The van der Waals surface area contributed by atoms with Crippen LogP contribution in [0.1, 0.15) is 12.8 Å². The molecule has 0 aromatic carbocycles. The van der Waals surface area contributed by atoms with Gasteiger partial charge in [0.05, 0.1) is 12.0 Å². The molecule has 1 aliphatic rings. The quantitative estimate of drug-likeness (QED) is 0.900. The monoisotopic (exact) mass is 278 g/mol. The first-order valence-electron chi connectivity index (χ1n) is 6.61. The number of thiophene rings is 1. The fourth-order valence-corrected chi connectivity index (χ4v) is 3.08. The van der Waals surface area contributed by atoms with Crippen LogP contribution in [0.4, 0.5) is 11.8 Å². The van der Waals surface area contributed by atoms with Crippen molar-refractivity contribution in [2.45, 2.75) is 12.8 Å². The van der Waals surface area contributed by atoms with Crippen LogP contribution in [0.3, 0.4) is 0 Å². The number of rotatable bonds is 4. The highest BCUT2D eigenvalue weighted by atomic mass is 32.1. The lowest BCUT2D eigenvalue weighted by molar-refractivity contribution is 0.0595. The van der Waals surface area contributed by atoms with Crippen LogP contribution in [0.15, 0.2) is 11.4 Å². The zero-order valence-corrected chi connectivity index (χ0v) is 11.8. The molecular weight excluding hydrogens is 260 g/mol. The van der Waals surface area contributed by atoms with Crippen LogP contribution in [0.25, 0.3) is 10.2 Å². The van der Waals surface area contributed by atoms with E-state index in [9.17, 15) is 0 Å². The van der Waals surface area contributed by atoms with Crippen LogP contribution in [0.2, 0.25) is 0 Å². The van der Waals surface area contributed by atoms with E-state index in [2.05, 4.69) is 26.7 Å². The number of hydrogen-bond donors (Lipinski definition) is 2. The van der Waals surface area contributed by atoms with E-state index in [0.717, 1.165) is 42.2 Å². The smallest absolute Gasteiger partial charge is 0.225 e. The van der Waals surface area contributed by atoms with Crippen molar-refractivity contribution in [3.05, 3.63) is 11.4 Å². The topological polar surface area (TPSA) is 59.1 Å². The van der Waals surface area contributed by atoms with Gasteiger partial charge in [0.25, 0.3) is 0 Å². The Bertz CT molecular complexity index is 551. The molecule has 0 saturated carbocycles. The first-order valence-corrected chi connectivity index (χ1v) is 7.49. The summed E-state index contributed by atoms with van der Waals surface area (Å²) in [6.07, 6.45) is 2.38. The molecule has 0 spiro atoms. The van der Waals surface area contributed by atoms with Gasteiger partial charge in [0.1, 0.15) is 10.6 Å². The largest absolute Gasteiger partial charge is 0.381 e. The Balaban J connectivity index is 1.77. The van der Waals surface area contributed by atoms with E-state index < -0.39 is 0 Å². The molecule has 0 aliphatic carbocycles. The summed E-state index contributed by atoms with van der Waals surface area (Å²) in [5.74, 6) is 2.16. The van der Waals surface area contributed by atoms with Crippen LogP contribution in [0, 0.1) is 5.92 Å². The lowest BCUT2D eigenvalue weighted by Gasteiger charge is -2.22. The van der Waals surface area contributed by atoms with Crippen molar-refractivity contribution >= 4 is 33.3 Å². The van der Waals surface area contributed by atoms with Gasteiger partial charge in [-0.05, 0) is 30.2 Å². The summed E-state index contributed by atoms with van der Waals surface area (Å²) in [4.78, 5) is 9.96. The Morgan fingerprint density at radius 1 is 1.47 bits per heavy atom. The van der Waals surface area contributed by atoms with Crippen molar-refractivity contribution in [3.63, 3.8) is 0 Å². The summed E-state index contributed by atoms with van der Waals surface area (Å²) in [5.41, 5.74) is 0. The highest BCUT2D eigenvalue weighted by molar-refractivity contribution is 7.16. The van der Waals surface area contributed by atoms with Crippen LogP contribution in [-0.2, 0) is 4.74 Å². The second kappa shape index (κ2) is 5.71. The zero-order chi connectivity index (χ0) is 13.1. The van der Waals surface area contributed by atoms with Crippen molar-refractivity contribution in [2.75, 3.05) is 37.4 Å². The average Bonchev–Trinajstić information content (AvgIpc) is 2.94. The summed E-state index contributed by atoms with van der Waals surface area (Å²) in [7, 11) is 1.84. The molecule has 1 unspecified atom stereocenters. The predicted octanol–water partition coefficient (Wildman–Crippen LogP) is 2.57. The molecule has 19 heavy (non-hydrogen) atoms. The fourth-order valence-electron chi connectivity index (χ4n) is 2.31. The van der Waals surface area contributed by atoms with Gasteiger partial charge in [-0.1, -0.05) is 0 Å². The van der Waals surface area contributed by atoms with Crippen molar-refractivity contribution in [3.8, 4) is 0 Å². The standard InChI is InChI=1S/C13H18N4OS/c1-14-13-16-11(10-4-6-19-12(10)17-13)15-7-9-3-2-5-18-8-9/h4,6,9H,2-3,5,7-8H2,1H3,(H2,14,15,16,17). The molecule has 3 heterocycles. The molecule has 6 heteroatoms. The summed E-state index contributed by atoms with van der Waals surface area (Å²) in [6, 6.07) is 2.07. The molecule has 5 nitrogen and oxygen atoms in total. The second-order valence-electron chi connectivity index (χ2n) is 4.75. The van der Waals surface area contributed by atoms with E-state index in [0.29, 0.717) is 11.9 Å². The van der Waals surface area contributed by atoms with Gasteiger partial charge in [-0.25, -0.2) is 4.98 Å². The normalized spacial score (nSPS) is 19.5. The molecule has 2 aromatic heterocycles.